The summed E-state index contributed by atoms with van der Waals surface area (Å²) in [5, 5.41) is 0. The van der Waals surface area contributed by atoms with E-state index in [0.29, 0.717) is 6.61 Å². The highest BCUT2D eigenvalue weighted by Crippen LogP contribution is 2.21. The van der Waals surface area contributed by atoms with E-state index in [4.69, 9.17) is 4.74 Å². The zero-order valence-corrected chi connectivity index (χ0v) is 12.9. The lowest BCUT2D eigenvalue weighted by Gasteiger charge is -2.08. The van der Waals surface area contributed by atoms with E-state index in [2.05, 4.69) is 27.5 Å². The molecule has 0 aliphatic heterocycles. The molecule has 102 valence electrons. The molecule has 0 heterocycles. The summed E-state index contributed by atoms with van der Waals surface area (Å²) in [6.07, 6.45) is 3.55. The fourth-order valence-corrected chi connectivity index (χ4v) is 1.96. The van der Waals surface area contributed by atoms with Crippen molar-refractivity contribution in [2.75, 3.05) is 6.61 Å². The van der Waals surface area contributed by atoms with Crippen molar-refractivity contribution in [2.45, 2.75) is 6.92 Å². The van der Waals surface area contributed by atoms with E-state index in [1.54, 1.807) is 6.08 Å². The molecule has 0 spiro atoms. The van der Waals surface area contributed by atoms with Crippen molar-refractivity contribution in [3.05, 3.63) is 70.7 Å². The predicted molar refractivity (Wildman–Crippen MR) is 88.3 cm³/mol. The molecule has 2 rings (SSSR count). The van der Waals surface area contributed by atoms with Gasteiger partial charge in [0.2, 0.25) is 0 Å². The highest BCUT2D eigenvalue weighted by molar-refractivity contribution is 9.10. The van der Waals surface area contributed by atoms with Gasteiger partial charge in [0.25, 0.3) is 0 Å². The van der Waals surface area contributed by atoms with Crippen LogP contribution in [0.4, 0.5) is 5.69 Å². The summed E-state index contributed by atoms with van der Waals surface area (Å²) in [6.45, 7) is 6.19. The first-order chi connectivity index (χ1) is 9.69. The van der Waals surface area contributed by atoms with Crippen molar-refractivity contribution in [3.8, 4) is 5.75 Å². The topological polar surface area (TPSA) is 21.6 Å². The van der Waals surface area contributed by atoms with E-state index in [-0.39, 0.29) is 0 Å². The Hall–Kier alpha value is -1.87. The quantitative estimate of drug-likeness (QED) is 0.554. The van der Waals surface area contributed by atoms with Gasteiger partial charge in [0.15, 0.2) is 0 Å². The second-order valence-corrected chi connectivity index (χ2v) is 5.29. The second kappa shape index (κ2) is 7.06. The van der Waals surface area contributed by atoms with Crippen molar-refractivity contribution in [1.82, 2.24) is 0 Å². The van der Waals surface area contributed by atoms with Crippen LogP contribution in [-0.4, -0.2) is 12.8 Å². The van der Waals surface area contributed by atoms with Gasteiger partial charge in [-0.15, -0.1) is 0 Å². The Bertz CT molecular complexity index is 617. The second-order valence-electron chi connectivity index (χ2n) is 4.38. The molecule has 0 aliphatic rings. The highest BCUT2D eigenvalue weighted by Gasteiger charge is 2.01. The molecule has 0 amide bonds. The third kappa shape index (κ3) is 4.07. The number of nitrogens with zero attached hydrogens (tertiary/aromatic N) is 1. The van der Waals surface area contributed by atoms with Gasteiger partial charge in [0.05, 0.1) is 5.69 Å². The summed E-state index contributed by atoms with van der Waals surface area (Å²) in [5.74, 6) is 0.825. The molecule has 20 heavy (non-hydrogen) atoms. The van der Waals surface area contributed by atoms with Crippen molar-refractivity contribution >= 4 is 27.8 Å². The molecule has 0 saturated heterocycles. The average molecular weight is 330 g/mol. The van der Waals surface area contributed by atoms with Crippen molar-refractivity contribution in [3.63, 3.8) is 0 Å². The van der Waals surface area contributed by atoms with Crippen molar-refractivity contribution in [2.24, 2.45) is 4.99 Å². The van der Waals surface area contributed by atoms with Crippen LogP contribution in [0.15, 0.2) is 64.6 Å². The van der Waals surface area contributed by atoms with Crippen LogP contribution in [0.3, 0.4) is 0 Å². The summed E-state index contributed by atoms with van der Waals surface area (Å²) >= 11 is 3.41. The Morgan fingerprint density at radius 1 is 1.20 bits per heavy atom. The van der Waals surface area contributed by atoms with Gasteiger partial charge in [-0.2, -0.15) is 0 Å². The molecule has 0 unspecified atom stereocenters. The summed E-state index contributed by atoms with van der Waals surface area (Å²) in [7, 11) is 0. The van der Waals surface area contributed by atoms with Crippen LogP contribution in [0, 0.1) is 6.92 Å². The van der Waals surface area contributed by atoms with Crippen LogP contribution in [0.2, 0.25) is 0 Å². The average Bonchev–Trinajstić information content (AvgIpc) is 2.46. The number of hydrogen-bond donors (Lipinski definition) is 0. The lowest BCUT2D eigenvalue weighted by molar-refractivity contribution is 0.362. The maximum absolute atomic E-state index is 5.66. The molecular weight excluding hydrogens is 314 g/mol. The summed E-state index contributed by atoms with van der Waals surface area (Å²) in [6, 6.07) is 13.9. The SMILES string of the molecule is C=CCOc1cc(C)ccc1C=Nc1ccc(Br)cc1. The lowest BCUT2D eigenvalue weighted by atomic mass is 10.1. The molecule has 0 aliphatic carbocycles. The van der Waals surface area contributed by atoms with E-state index in [1.807, 2.05) is 55.6 Å². The first-order valence-corrected chi connectivity index (χ1v) is 7.12. The van der Waals surface area contributed by atoms with Crippen LogP contribution in [0.1, 0.15) is 11.1 Å². The summed E-state index contributed by atoms with van der Waals surface area (Å²) in [5.41, 5.74) is 3.02. The van der Waals surface area contributed by atoms with E-state index >= 15 is 0 Å². The molecule has 0 radical (unpaired) electrons. The number of ether oxygens (including phenoxy) is 1. The number of benzene rings is 2. The monoisotopic (exact) mass is 329 g/mol. The molecule has 2 nitrogen and oxygen atoms in total. The van der Waals surface area contributed by atoms with E-state index in [0.717, 1.165) is 27.0 Å². The van der Waals surface area contributed by atoms with Gasteiger partial charge >= 0.3 is 0 Å². The minimum absolute atomic E-state index is 0.489. The first-order valence-electron chi connectivity index (χ1n) is 6.33. The van der Waals surface area contributed by atoms with E-state index in [1.165, 1.54) is 0 Å². The smallest absolute Gasteiger partial charge is 0.128 e. The van der Waals surface area contributed by atoms with Crippen LogP contribution in [0.5, 0.6) is 5.75 Å². The van der Waals surface area contributed by atoms with Crippen LogP contribution in [-0.2, 0) is 0 Å². The van der Waals surface area contributed by atoms with Crippen LogP contribution < -0.4 is 4.74 Å². The van der Waals surface area contributed by atoms with Crippen LogP contribution in [0.25, 0.3) is 0 Å². The fraction of sp³-hybridized carbons (Fsp3) is 0.118. The first kappa shape index (κ1) is 14.5. The van der Waals surface area contributed by atoms with Gasteiger partial charge in [-0.1, -0.05) is 34.7 Å². The standard InChI is InChI=1S/C17H16BrNO/c1-3-10-20-17-11-13(2)4-5-14(17)12-19-16-8-6-15(18)7-9-16/h3-9,11-12H,1,10H2,2H3. The number of aliphatic imine (C=N–C) groups is 1. The van der Waals surface area contributed by atoms with E-state index < -0.39 is 0 Å². The van der Waals surface area contributed by atoms with E-state index in [9.17, 15) is 0 Å². The zero-order chi connectivity index (χ0) is 14.4. The third-order valence-electron chi connectivity index (χ3n) is 2.71. The Morgan fingerprint density at radius 3 is 2.65 bits per heavy atom. The predicted octanol–water partition coefficient (Wildman–Crippen LogP) is 5.07. The Labute approximate surface area is 128 Å². The van der Waals surface area contributed by atoms with Gasteiger partial charge < -0.3 is 4.74 Å². The maximum Gasteiger partial charge on any atom is 0.128 e. The Morgan fingerprint density at radius 2 is 1.95 bits per heavy atom. The molecular formula is C17H16BrNO. The third-order valence-corrected chi connectivity index (χ3v) is 3.23. The summed E-state index contributed by atoms with van der Waals surface area (Å²) in [4.78, 5) is 4.46. The largest absolute Gasteiger partial charge is 0.489 e. The molecule has 0 atom stereocenters. The highest BCUT2D eigenvalue weighted by atomic mass is 79.9. The lowest BCUT2D eigenvalue weighted by Crippen LogP contribution is -1.97. The molecule has 2 aromatic carbocycles. The van der Waals surface area contributed by atoms with Gasteiger partial charge in [-0.05, 0) is 48.9 Å². The molecule has 3 heteroatoms. The van der Waals surface area contributed by atoms with Crippen LogP contribution >= 0.6 is 15.9 Å². The molecule has 2 aromatic rings. The number of rotatable bonds is 5. The number of aryl methyl sites for hydroxylation is 1. The molecule has 0 bridgehead atoms. The van der Waals surface area contributed by atoms with Gasteiger partial charge in [-0.25, -0.2) is 0 Å². The zero-order valence-electron chi connectivity index (χ0n) is 11.3. The number of hydrogen-bond acceptors (Lipinski definition) is 2. The molecule has 0 saturated carbocycles. The summed E-state index contributed by atoms with van der Waals surface area (Å²) < 4.78 is 6.70. The normalized spacial score (nSPS) is 10.7. The minimum atomic E-state index is 0.489. The molecule has 0 fully saturated rings. The number of halogens is 1. The van der Waals surface area contributed by atoms with Crippen molar-refractivity contribution < 1.29 is 4.74 Å². The Balaban J connectivity index is 2.23. The fourth-order valence-electron chi connectivity index (χ4n) is 1.69. The van der Waals surface area contributed by atoms with Gasteiger partial charge in [0.1, 0.15) is 12.4 Å². The molecule has 0 N–H and O–H groups in total. The maximum atomic E-state index is 5.66. The minimum Gasteiger partial charge on any atom is -0.489 e. The van der Waals surface area contributed by atoms with Gasteiger partial charge in [0, 0.05) is 16.3 Å². The Kier molecular flexibility index (Phi) is 5.13. The molecule has 0 aromatic heterocycles. The van der Waals surface area contributed by atoms with Gasteiger partial charge in [-0.3, -0.25) is 4.99 Å². The van der Waals surface area contributed by atoms with Crippen molar-refractivity contribution in [1.29, 1.82) is 0 Å².